The van der Waals surface area contributed by atoms with Crippen LogP contribution in [0.2, 0.25) is 0 Å². The quantitative estimate of drug-likeness (QED) is 0.683. The minimum atomic E-state index is -0.0339. The van der Waals surface area contributed by atoms with Crippen molar-refractivity contribution in [2.24, 2.45) is 5.41 Å². The molecule has 0 saturated heterocycles. The average Bonchev–Trinajstić information content (AvgIpc) is 3.23. The van der Waals surface area contributed by atoms with Gasteiger partial charge in [-0.2, -0.15) is 0 Å². The van der Waals surface area contributed by atoms with Gasteiger partial charge in [0.15, 0.2) is 0 Å². The van der Waals surface area contributed by atoms with Crippen LogP contribution in [0.15, 0.2) is 24.3 Å². The van der Waals surface area contributed by atoms with Gasteiger partial charge >= 0.3 is 0 Å². The predicted octanol–water partition coefficient (Wildman–Crippen LogP) is 2.40. The summed E-state index contributed by atoms with van der Waals surface area (Å²) in [5.74, 6) is -0.0339. The van der Waals surface area contributed by atoms with Crippen molar-refractivity contribution in [1.82, 2.24) is 5.32 Å². The predicted molar refractivity (Wildman–Crippen MR) is 80.9 cm³/mol. The Bertz CT molecular complexity index is 456. The maximum Gasteiger partial charge on any atom is 0.253 e. The maximum atomic E-state index is 12.3. The Balaban J connectivity index is 1.95. The van der Waals surface area contributed by atoms with Crippen molar-refractivity contribution in [1.29, 1.82) is 0 Å². The Kier molecular flexibility index (Phi) is 5.01. The summed E-state index contributed by atoms with van der Waals surface area (Å²) in [5, 5.41) is 15.3. The van der Waals surface area contributed by atoms with Gasteiger partial charge in [-0.3, -0.25) is 4.79 Å². The summed E-state index contributed by atoms with van der Waals surface area (Å²) in [6.45, 7) is 3.82. The van der Waals surface area contributed by atoms with E-state index < -0.39 is 0 Å². The number of benzene rings is 1. The van der Waals surface area contributed by atoms with Gasteiger partial charge in [-0.25, -0.2) is 0 Å². The molecular weight excluding hydrogens is 252 g/mol. The summed E-state index contributed by atoms with van der Waals surface area (Å²) in [5.41, 5.74) is 1.73. The fraction of sp³-hybridized carbons (Fsp3) is 0.562. The van der Waals surface area contributed by atoms with Crippen LogP contribution >= 0.6 is 0 Å². The zero-order valence-electron chi connectivity index (χ0n) is 12.1. The number of aliphatic hydroxyl groups is 1. The van der Waals surface area contributed by atoms with E-state index in [4.69, 9.17) is 5.11 Å². The van der Waals surface area contributed by atoms with E-state index >= 15 is 0 Å². The van der Waals surface area contributed by atoms with Crippen LogP contribution in [-0.4, -0.2) is 30.7 Å². The second kappa shape index (κ2) is 6.75. The second-order valence-corrected chi connectivity index (χ2v) is 5.63. The van der Waals surface area contributed by atoms with Crippen LogP contribution in [0.4, 0.5) is 5.69 Å². The number of rotatable bonds is 8. The molecule has 0 aromatic heterocycles. The Labute approximate surface area is 120 Å². The Morgan fingerprint density at radius 2 is 2.10 bits per heavy atom. The molecule has 0 unspecified atom stereocenters. The van der Waals surface area contributed by atoms with Crippen LogP contribution in [0.3, 0.4) is 0 Å². The number of carbonyl (C=O) groups is 1. The zero-order chi connectivity index (χ0) is 14.4. The van der Waals surface area contributed by atoms with Crippen LogP contribution in [0.1, 0.15) is 43.0 Å². The number of hydrogen-bond acceptors (Lipinski definition) is 3. The molecule has 0 radical (unpaired) electrons. The molecule has 2 rings (SSSR count). The van der Waals surface area contributed by atoms with E-state index in [0.29, 0.717) is 12.1 Å². The molecule has 110 valence electrons. The Morgan fingerprint density at radius 1 is 1.35 bits per heavy atom. The lowest BCUT2D eigenvalue weighted by molar-refractivity contribution is 0.0941. The van der Waals surface area contributed by atoms with Gasteiger partial charge in [0.05, 0.1) is 5.56 Å². The fourth-order valence-corrected chi connectivity index (χ4v) is 2.39. The first-order chi connectivity index (χ1) is 9.71. The molecule has 3 N–H and O–H groups in total. The smallest absolute Gasteiger partial charge is 0.253 e. The third-order valence-corrected chi connectivity index (χ3v) is 3.96. The van der Waals surface area contributed by atoms with Crippen molar-refractivity contribution < 1.29 is 9.90 Å². The van der Waals surface area contributed by atoms with Gasteiger partial charge in [0.1, 0.15) is 0 Å². The topological polar surface area (TPSA) is 61.4 Å². The number of amides is 1. The standard InChI is InChI=1S/C16H24N2O2/c1-2-10-17-14-6-4-3-5-13(14)15(20)18-12-16(7-8-16)9-11-19/h3-6,17,19H,2,7-12H2,1H3,(H,18,20). The zero-order valence-corrected chi connectivity index (χ0v) is 12.1. The van der Waals surface area contributed by atoms with Gasteiger partial charge in [0.25, 0.3) is 5.91 Å². The molecule has 1 saturated carbocycles. The summed E-state index contributed by atoms with van der Waals surface area (Å²) in [6, 6.07) is 7.60. The summed E-state index contributed by atoms with van der Waals surface area (Å²) in [4.78, 5) is 12.3. The maximum absolute atomic E-state index is 12.3. The molecule has 1 aliphatic carbocycles. The number of aliphatic hydroxyl groups excluding tert-OH is 1. The lowest BCUT2D eigenvalue weighted by Crippen LogP contribution is -2.31. The number of carbonyl (C=O) groups excluding carboxylic acids is 1. The number of nitrogens with one attached hydrogen (secondary N) is 2. The molecule has 0 aliphatic heterocycles. The van der Waals surface area contributed by atoms with Crippen LogP contribution in [0.5, 0.6) is 0 Å². The van der Waals surface area contributed by atoms with E-state index in [2.05, 4.69) is 17.6 Å². The summed E-state index contributed by atoms with van der Waals surface area (Å²) >= 11 is 0. The van der Waals surface area contributed by atoms with Gasteiger partial charge in [0, 0.05) is 25.4 Å². The van der Waals surface area contributed by atoms with Crippen molar-refractivity contribution in [3.05, 3.63) is 29.8 Å². The van der Waals surface area contributed by atoms with E-state index in [9.17, 15) is 4.79 Å². The van der Waals surface area contributed by atoms with Crippen LogP contribution in [-0.2, 0) is 0 Å². The lowest BCUT2D eigenvalue weighted by Gasteiger charge is -2.16. The molecule has 1 aliphatic rings. The highest BCUT2D eigenvalue weighted by Gasteiger charge is 2.41. The van der Waals surface area contributed by atoms with E-state index in [1.54, 1.807) is 0 Å². The summed E-state index contributed by atoms with van der Waals surface area (Å²) in [6.07, 6.45) is 4.01. The van der Waals surface area contributed by atoms with Crippen molar-refractivity contribution >= 4 is 11.6 Å². The largest absolute Gasteiger partial charge is 0.396 e. The third-order valence-electron chi connectivity index (χ3n) is 3.96. The molecule has 0 heterocycles. The fourth-order valence-electron chi connectivity index (χ4n) is 2.39. The van der Waals surface area contributed by atoms with Crippen LogP contribution in [0.25, 0.3) is 0 Å². The lowest BCUT2D eigenvalue weighted by atomic mass is 10.0. The SMILES string of the molecule is CCCNc1ccccc1C(=O)NCC1(CCO)CC1. The van der Waals surface area contributed by atoms with E-state index in [1.807, 2.05) is 24.3 Å². The minimum absolute atomic E-state index is 0.0339. The average molecular weight is 276 g/mol. The summed E-state index contributed by atoms with van der Waals surface area (Å²) in [7, 11) is 0. The number of para-hydroxylation sites is 1. The highest BCUT2D eigenvalue weighted by atomic mass is 16.3. The first-order valence-corrected chi connectivity index (χ1v) is 7.43. The van der Waals surface area contributed by atoms with Crippen molar-refractivity contribution in [3.63, 3.8) is 0 Å². The molecule has 1 amide bonds. The van der Waals surface area contributed by atoms with E-state index in [0.717, 1.165) is 37.9 Å². The van der Waals surface area contributed by atoms with E-state index in [1.165, 1.54) is 0 Å². The van der Waals surface area contributed by atoms with E-state index in [-0.39, 0.29) is 17.9 Å². The van der Waals surface area contributed by atoms with Crippen LogP contribution < -0.4 is 10.6 Å². The van der Waals surface area contributed by atoms with Gasteiger partial charge in [-0.1, -0.05) is 19.1 Å². The monoisotopic (exact) mass is 276 g/mol. The minimum Gasteiger partial charge on any atom is -0.396 e. The number of anilines is 1. The molecule has 0 spiro atoms. The molecule has 4 heteroatoms. The molecule has 0 bridgehead atoms. The molecule has 1 aromatic rings. The third kappa shape index (κ3) is 3.73. The molecule has 0 atom stereocenters. The van der Waals surface area contributed by atoms with Crippen LogP contribution in [0, 0.1) is 5.41 Å². The van der Waals surface area contributed by atoms with Gasteiger partial charge in [-0.15, -0.1) is 0 Å². The Morgan fingerprint density at radius 3 is 2.75 bits per heavy atom. The normalized spacial score (nSPS) is 15.7. The first-order valence-electron chi connectivity index (χ1n) is 7.43. The van der Waals surface area contributed by atoms with Crippen molar-refractivity contribution in [2.75, 3.05) is 25.0 Å². The molecule has 1 aromatic carbocycles. The highest BCUT2D eigenvalue weighted by molar-refractivity contribution is 5.99. The molecule has 4 nitrogen and oxygen atoms in total. The van der Waals surface area contributed by atoms with Crippen molar-refractivity contribution in [3.8, 4) is 0 Å². The Hall–Kier alpha value is -1.55. The summed E-state index contributed by atoms with van der Waals surface area (Å²) < 4.78 is 0. The first kappa shape index (κ1) is 14.9. The molecule has 1 fully saturated rings. The van der Waals surface area contributed by atoms with Gasteiger partial charge in [0.2, 0.25) is 0 Å². The second-order valence-electron chi connectivity index (χ2n) is 5.63. The van der Waals surface area contributed by atoms with Gasteiger partial charge in [-0.05, 0) is 43.2 Å². The molecule has 20 heavy (non-hydrogen) atoms. The molecular formula is C16H24N2O2. The van der Waals surface area contributed by atoms with Gasteiger partial charge < -0.3 is 15.7 Å². The van der Waals surface area contributed by atoms with Crippen molar-refractivity contribution in [2.45, 2.75) is 32.6 Å². The number of hydrogen-bond donors (Lipinski definition) is 3. The highest BCUT2D eigenvalue weighted by Crippen LogP contribution is 2.47.